The third-order valence-electron chi connectivity index (χ3n) is 4.52. The number of halogens is 1. The van der Waals surface area contributed by atoms with Crippen LogP contribution >= 0.6 is 23.4 Å². The average molecular weight is 413 g/mol. The number of pyridine rings is 1. The predicted octanol–water partition coefficient (Wildman–Crippen LogP) is 2.75. The number of fused-ring (bicyclic) bond motifs is 1. The Balaban J connectivity index is 1.96. The summed E-state index contributed by atoms with van der Waals surface area (Å²) >= 11 is 7.59. The van der Waals surface area contributed by atoms with E-state index >= 15 is 0 Å². The summed E-state index contributed by atoms with van der Waals surface area (Å²) in [5, 5.41) is 4.54. The van der Waals surface area contributed by atoms with E-state index in [1.54, 1.807) is 16.3 Å². The van der Waals surface area contributed by atoms with Gasteiger partial charge in [-0.05, 0) is 36.3 Å². The fourth-order valence-corrected chi connectivity index (χ4v) is 5.46. The van der Waals surface area contributed by atoms with Crippen LogP contribution in [0, 0.1) is 0 Å². The molecule has 1 aromatic heterocycles. The molecule has 1 unspecified atom stereocenters. The van der Waals surface area contributed by atoms with Gasteiger partial charge in [0.05, 0.1) is 23.6 Å². The van der Waals surface area contributed by atoms with E-state index in [0.717, 1.165) is 15.8 Å². The van der Waals surface area contributed by atoms with E-state index in [4.69, 9.17) is 11.6 Å². The summed E-state index contributed by atoms with van der Waals surface area (Å²) in [4.78, 5) is 14.0. The topological polar surface area (TPSA) is 68.2 Å². The van der Waals surface area contributed by atoms with Gasteiger partial charge in [0.25, 0.3) is 5.56 Å². The summed E-state index contributed by atoms with van der Waals surface area (Å²) in [6, 6.07) is 7.73. The second-order valence-corrected chi connectivity index (χ2v) is 10.1. The molecule has 0 spiro atoms. The monoisotopic (exact) mass is 412 g/mol. The Morgan fingerprint density at radius 3 is 2.81 bits per heavy atom. The van der Waals surface area contributed by atoms with Crippen LogP contribution in [0.2, 0.25) is 0 Å². The maximum Gasteiger partial charge on any atom is 0.255 e. The van der Waals surface area contributed by atoms with E-state index in [1.165, 1.54) is 0 Å². The van der Waals surface area contributed by atoms with Gasteiger partial charge in [0.15, 0.2) is 9.84 Å². The van der Waals surface area contributed by atoms with E-state index in [9.17, 15) is 13.2 Å². The number of thioether (sulfide) groups is 1. The van der Waals surface area contributed by atoms with Crippen molar-refractivity contribution in [2.45, 2.75) is 30.4 Å². The second-order valence-electron chi connectivity index (χ2n) is 6.48. The normalized spacial score (nSPS) is 19.1. The first kappa shape index (κ1) is 19.5. The lowest BCUT2D eigenvalue weighted by atomic mass is 10.1. The molecule has 1 atom stereocenters. The lowest BCUT2D eigenvalue weighted by Crippen LogP contribution is -2.33. The van der Waals surface area contributed by atoms with Crippen molar-refractivity contribution in [1.82, 2.24) is 9.88 Å². The number of hydrogen-bond acceptors (Lipinski definition) is 5. The van der Waals surface area contributed by atoms with Gasteiger partial charge in [0, 0.05) is 28.1 Å². The van der Waals surface area contributed by atoms with Gasteiger partial charge in [-0.1, -0.05) is 24.2 Å². The molecule has 0 saturated carbocycles. The molecule has 0 radical (unpaired) electrons. The van der Waals surface area contributed by atoms with Crippen molar-refractivity contribution in [3.8, 4) is 0 Å². The van der Waals surface area contributed by atoms with Crippen LogP contribution in [0.25, 0.3) is 10.9 Å². The molecule has 140 valence electrons. The van der Waals surface area contributed by atoms with Crippen molar-refractivity contribution in [1.29, 1.82) is 0 Å². The first-order valence-corrected chi connectivity index (χ1v) is 11.7. The zero-order valence-corrected chi connectivity index (χ0v) is 16.9. The third kappa shape index (κ3) is 4.34. The van der Waals surface area contributed by atoms with Crippen LogP contribution in [0.15, 0.2) is 45.6 Å². The van der Waals surface area contributed by atoms with E-state index in [0.29, 0.717) is 23.6 Å². The van der Waals surface area contributed by atoms with Crippen LogP contribution in [0.1, 0.15) is 12.0 Å². The molecule has 26 heavy (non-hydrogen) atoms. The molecule has 0 aliphatic carbocycles. The first-order valence-electron chi connectivity index (χ1n) is 8.26. The minimum absolute atomic E-state index is 0.106. The highest BCUT2D eigenvalue weighted by molar-refractivity contribution is 7.98. The van der Waals surface area contributed by atoms with Gasteiger partial charge < -0.3 is 9.88 Å². The molecule has 1 aliphatic rings. The molecule has 0 amide bonds. The SMILES string of the molecule is C=C(Cl)Cn1c(=O)c(CNC2CCS(=O)(=O)C2)cc2ccc(SC)cc21. The number of sulfone groups is 1. The maximum atomic E-state index is 12.9. The van der Waals surface area contributed by atoms with Crippen molar-refractivity contribution in [2.75, 3.05) is 17.8 Å². The van der Waals surface area contributed by atoms with E-state index in [2.05, 4.69) is 11.9 Å². The van der Waals surface area contributed by atoms with Crippen LogP contribution in [-0.2, 0) is 22.9 Å². The number of allylic oxidation sites excluding steroid dienone is 1. The summed E-state index contributed by atoms with van der Waals surface area (Å²) in [6.07, 6.45) is 2.57. The number of benzene rings is 1. The van der Waals surface area contributed by atoms with Crippen molar-refractivity contribution in [3.63, 3.8) is 0 Å². The molecule has 8 heteroatoms. The lowest BCUT2D eigenvalue weighted by Gasteiger charge is -2.15. The van der Waals surface area contributed by atoms with Gasteiger partial charge >= 0.3 is 0 Å². The zero-order valence-electron chi connectivity index (χ0n) is 14.5. The van der Waals surface area contributed by atoms with Crippen LogP contribution < -0.4 is 10.9 Å². The molecule has 1 N–H and O–H groups in total. The predicted molar refractivity (Wildman–Crippen MR) is 109 cm³/mol. The fourth-order valence-electron chi connectivity index (χ4n) is 3.20. The minimum atomic E-state index is -2.95. The van der Waals surface area contributed by atoms with Gasteiger partial charge in [-0.3, -0.25) is 4.79 Å². The summed E-state index contributed by atoms with van der Waals surface area (Å²) in [5.41, 5.74) is 1.28. The Hall–Kier alpha value is -1.28. The van der Waals surface area contributed by atoms with Gasteiger partial charge in [-0.2, -0.15) is 0 Å². The van der Waals surface area contributed by atoms with Crippen LogP contribution in [0.3, 0.4) is 0 Å². The number of nitrogens with zero attached hydrogens (tertiary/aromatic N) is 1. The van der Waals surface area contributed by atoms with Crippen LogP contribution in [-0.4, -0.2) is 36.8 Å². The number of rotatable bonds is 6. The summed E-state index contributed by atoms with van der Waals surface area (Å²) in [6.45, 7) is 4.28. The highest BCUT2D eigenvalue weighted by atomic mass is 35.5. The number of nitrogens with one attached hydrogen (secondary N) is 1. The first-order chi connectivity index (χ1) is 12.3. The van der Waals surface area contributed by atoms with Gasteiger partial charge in [0.2, 0.25) is 0 Å². The molecule has 0 bridgehead atoms. The molecule has 2 heterocycles. The smallest absolute Gasteiger partial charge is 0.255 e. The van der Waals surface area contributed by atoms with Crippen LogP contribution in [0.4, 0.5) is 0 Å². The van der Waals surface area contributed by atoms with E-state index < -0.39 is 9.84 Å². The summed E-state index contributed by atoms with van der Waals surface area (Å²) < 4.78 is 24.8. The molecular formula is C18H21ClN2O3S2. The Bertz CT molecular complexity index is 1020. The maximum absolute atomic E-state index is 12.9. The van der Waals surface area contributed by atoms with E-state index in [1.807, 2.05) is 30.5 Å². The molecule has 1 fully saturated rings. The standard InChI is InChI=1S/C18H21ClN2O3S2/c1-12(19)10-21-17-8-16(25-2)4-3-13(17)7-14(18(21)22)9-20-15-5-6-26(23,24)11-15/h3-4,7-8,15,20H,1,5-6,9-11H2,2H3. The third-order valence-corrected chi connectivity index (χ3v) is 7.13. The average Bonchev–Trinajstić information content (AvgIpc) is 2.94. The number of aromatic nitrogens is 1. The molecular weight excluding hydrogens is 392 g/mol. The minimum Gasteiger partial charge on any atom is -0.309 e. The highest BCUT2D eigenvalue weighted by Crippen LogP contribution is 2.23. The van der Waals surface area contributed by atoms with Crippen molar-refractivity contribution >= 4 is 44.1 Å². The molecule has 1 aliphatic heterocycles. The Morgan fingerprint density at radius 1 is 1.42 bits per heavy atom. The van der Waals surface area contributed by atoms with E-state index in [-0.39, 0.29) is 29.7 Å². The van der Waals surface area contributed by atoms with Crippen LogP contribution in [0.5, 0.6) is 0 Å². The second kappa shape index (κ2) is 7.76. The Labute approximate surface area is 162 Å². The van der Waals surface area contributed by atoms with Gasteiger partial charge in [0.1, 0.15) is 0 Å². The molecule has 5 nitrogen and oxygen atoms in total. The molecule has 2 aromatic rings. The Kier molecular flexibility index (Phi) is 5.81. The van der Waals surface area contributed by atoms with Gasteiger partial charge in [-0.15, -0.1) is 11.8 Å². The Morgan fingerprint density at radius 2 is 2.19 bits per heavy atom. The molecule has 1 aromatic carbocycles. The highest BCUT2D eigenvalue weighted by Gasteiger charge is 2.27. The molecule has 3 rings (SSSR count). The van der Waals surface area contributed by atoms with Gasteiger partial charge in [-0.25, -0.2) is 8.42 Å². The summed E-state index contributed by atoms with van der Waals surface area (Å²) in [7, 11) is -2.95. The fraction of sp³-hybridized carbons (Fsp3) is 0.389. The molecule has 1 saturated heterocycles. The number of hydrogen-bond donors (Lipinski definition) is 1. The zero-order chi connectivity index (χ0) is 18.9. The van der Waals surface area contributed by atoms with Crippen molar-refractivity contribution in [3.05, 3.63) is 51.8 Å². The van der Waals surface area contributed by atoms with Crippen molar-refractivity contribution < 1.29 is 8.42 Å². The van der Waals surface area contributed by atoms with Crippen molar-refractivity contribution in [2.24, 2.45) is 0 Å². The summed E-state index contributed by atoms with van der Waals surface area (Å²) in [5.74, 6) is 0.334. The lowest BCUT2D eigenvalue weighted by molar-refractivity contribution is 0.550. The largest absolute Gasteiger partial charge is 0.309 e. The quantitative estimate of drug-likeness (QED) is 0.739.